The summed E-state index contributed by atoms with van der Waals surface area (Å²) in [5, 5.41) is 8.16. The standard InChI is InChI=1S/C18H25ClN4O/c1-12(2)9-18(4,11-20)21-17(24)16-10-23(22-13(16)3)15-7-5-14(19)6-8-15/h5-8,10,12H,9,11,20H2,1-4H3,(H,21,24). The highest BCUT2D eigenvalue weighted by atomic mass is 35.5. The number of nitrogens with one attached hydrogen (secondary N) is 1. The first kappa shape index (κ1) is 18.5. The Morgan fingerprint density at radius 3 is 2.54 bits per heavy atom. The molecule has 1 aromatic carbocycles. The van der Waals surface area contributed by atoms with Crippen LogP contribution in [0.1, 0.15) is 43.2 Å². The summed E-state index contributed by atoms with van der Waals surface area (Å²) in [5.41, 5.74) is 7.53. The van der Waals surface area contributed by atoms with E-state index in [1.54, 1.807) is 23.0 Å². The van der Waals surface area contributed by atoms with Crippen LogP contribution in [0.2, 0.25) is 5.02 Å². The van der Waals surface area contributed by atoms with Crippen molar-refractivity contribution < 1.29 is 4.79 Å². The van der Waals surface area contributed by atoms with Crippen LogP contribution in [0.4, 0.5) is 0 Å². The number of carbonyl (C=O) groups excluding carboxylic acids is 1. The zero-order valence-electron chi connectivity index (χ0n) is 14.6. The average Bonchev–Trinajstić information content (AvgIpc) is 2.89. The Labute approximate surface area is 148 Å². The fourth-order valence-corrected chi connectivity index (χ4v) is 2.96. The Morgan fingerprint density at radius 1 is 1.38 bits per heavy atom. The minimum atomic E-state index is -0.430. The SMILES string of the molecule is Cc1nn(-c2ccc(Cl)cc2)cc1C(=O)NC(C)(CN)CC(C)C. The molecule has 24 heavy (non-hydrogen) atoms. The Kier molecular flexibility index (Phi) is 5.67. The highest BCUT2D eigenvalue weighted by molar-refractivity contribution is 6.30. The summed E-state index contributed by atoms with van der Waals surface area (Å²) in [6, 6.07) is 7.31. The van der Waals surface area contributed by atoms with E-state index >= 15 is 0 Å². The summed E-state index contributed by atoms with van der Waals surface area (Å²) in [7, 11) is 0. The predicted octanol–water partition coefficient (Wildman–Crippen LogP) is 3.33. The topological polar surface area (TPSA) is 72.9 Å². The normalized spacial score (nSPS) is 13.8. The Balaban J connectivity index is 2.23. The number of aromatic nitrogens is 2. The first-order valence-corrected chi connectivity index (χ1v) is 8.46. The van der Waals surface area contributed by atoms with Crippen molar-refractivity contribution in [2.24, 2.45) is 11.7 Å². The Bertz CT molecular complexity index is 708. The van der Waals surface area contributed by atoms with E-state index in [9.17, 15) is 4.79 Å². The number of amides is 1. The van der Waals surface area contributed by atoms with Gasteiger partial charge in [0.25, 0.3) is 5.91 Å². The van der Waals surface area contributed by atoms with E-state index in [0.29, 0.717) is 28.7 Å². The van der Waals surface area contributed by atoms with Crippen LogP contribution in [-0.2, 0) is 0 Å². The van der Waals surface area contributed by atoms with Gasteiger partial charge in [0.15, 0.2) is 0 Å². The van der Waals surface area contributed by atoms with Crippen LogP contribution in [-0.4, -0.2) is 27.8 Å². The van der Waals surface area contributed by atoms with Crippen LogP contribution < -0.4 is 11.1 Å². The number of nitrogens with two attached hydrogens (primary N) is 1. The number of rotatable bonds is 6. The maximum Gasteiger partial charge on any atom is 0.255 e. The summed E-state index contributed by atoms with van der Waals surface area (Å²) in [5.74, 6) is 0.290. The fourth-order valence-electron chi connectivity index (χ4n) is 2.84. The van der Waals surface area contributed by atoms with Crippen molar-refractivity contribution in [3.05, 3.63) is 46.7 Å². The molecule has 0 aliphatic rings. The number of aryl methyl sites for hydroxylation is 1. The summed E-state index contributed by atoms with van der Waals surface area (Å²) in [6.07, 6.45) is 2.56. The number of hydrogen-bond acceptors (Lipinski definition) is 3. The smallest absolute Gasteiger partial charge is 0.255 e. The van der Waals surface area contributed by atoms with E-state index in [1.165, 1.54) is 0 Å². The van der Waals surface area contributed by atoms with Gasteiger partial charge in [-0.05, 0) is 50.5 Å². The maximum absolute atomic E-state index is 12.7. The molecule has 1 amide bonds. The molecule has 0 bridgehead atoms. The molecule has 0 aliphatic heterocycles. The van der Waals surface area contributed by atoms with Gasteiger partial charge in [0, 0.05) is 23.3 Å². The molecule has 1 unspecified atom stereocenters. The third-order valence-electron chi connectivity index (χ3n) is 3.96. The van der Waals surface area contributed by atoms with Gasteiger partial charge < -0.3 is 11.1 Å². The largest absolute Gasteiger partial charge is 0.345 e. The van der Waals surface area contributed by atoms with Crippen molar-refractivity contribution >= 4 is 17.5 Å². The molecule has 1 atom stereocenters. The van der Waals surface area contributed by atoms with Crippen molar-refractivity contribution in [1.82, 2.24) is 15.1 Å². The molecule has 2 rings (SSSR count). The molecule has 0 saturated heterocycles. The molecule has 2 aromatic rings. The van der Waals surface area contributed by atoms with Crippen LogP contribution in [0, 0.1) is 12.8 Å². The monoisotopic (exact) mass is 348 g/mol. The molecule has 130 valence electrons. The summed E-state index contributed by atoms with van der Waals surface area (Å²) in [6.45, 7) is 8.42. The van der Waals surface area contributed by atoms with Crippen LogP contribution in [0.5, 0.6) is 0 Å². The number of halogens is 1. The Hall–Kier alpha value is -1.85. The van der Waals surface area contributed by atoms with Crippen molar-refractivity contribution in [2.75, 3.05) is 6.54 Å². The molecule has 0 radical (unpaired) electrons. The molecule has 0 aliphatic carbocycles. The van der Waals surface area contributed by atoms with Crippen molar-refractivity contribution in [2.45, 2.75) is 39.7 Å². The second-order valence-electron chi connectivity index (χ2n) is 6.87. The Morgan fingerprint density at radius 2 is 2.00 bits per heavy atom. The van der Waals surface area contributed by atoms with Crippen LogP contribution in [0.3, 0.4) is 0 Å². The maximum atomic E-state index is 12.7. The van der Waals surface area contributed by atoms with E-state index in [-0.39, 0.29) is 5.91 Å². The second-order valence-corrected chi connectivity index (χ2v) is 7.30. The molecule has 1 aromatic heterocycles. The number of hydrogen-bond donors (Lipinski definition) is 2. The highest BCUT2D eigenvalue weighted by Gasteiger charge is 2.27. The third kappa shape index (κ3) is 4.36. The summed E-state index contributed by atoms with van der Waals surface area (Å²) in [4.78, 5) is 12.7. The molecule has 6 heteroatoms. The second kappa shape index (κ2) is 7.36. The highest BCUT2D eigenvalue weighted by Crippen LogP contribution is 2.18. The third-order valence-corrected chi connectivity index (χ3v) is 4.21. The number of carbonyl (C=O) groups is 1. The lowest BCUT2D eigenvalue weighted by Gasteiger charge is -2.31. The van der Waals surface area contributed by atoms with Gasteiger partial charge in [-0.3, -0.25) is 4.79 Å². The first-order chi connectivity index (χ1) is 11.2. The molecule has 0 fully saturated rings. The molecule has 0 spiro atoms. The lowest BCUT2D eigenvalue weighted by Crippen LogP contribution is -2.52. The van der Waals surface area contributed by atoms with Gasteiger partial charge >= 0.3 is 0 Å². The molecule has 1 heterocycles. The van der Waals surface area contributed by atoms with Crippen LogP contribution in [0.25, 0.3) is 5.69 Å². The van der Waals surface area contributed by atoms with Gasteiger partial charge in [-0.1, -0.05) is 25.4 Å². The molecular weight excluding hydrogens is 324 g/mol. The molecule has 5 nitrogen and oxygen atoms in total. The van der Waals surface area contributed by atoms with Crippen LogP contribution in [0.15, 0.2) is 30.5 Å². The average molecular weight is 349 g/mol. The molecule has 0 saturated carbocycles. The lowest BCUT2D eigenvalue weighted by molar-refractivity contribution is 0.0897. The van der Waals surface area contributed by atoms with Gasteiger partial charge in [0.05, 0.1) is 16.9 Å². The van der Waals surface area contributed by atoms with Crippen molar-refractivity contribution in [1.29, 1.82) is 0 Å². The molecule has 3 N–H and O–H groups in total. The van der Waals surface area contributed by atoms with Gasteiger partial charge in [-0.25, -0.2) is 4.68 Å². The van der Waals surface area contributed by atoms with E-state index in [0.717, 1.165) is 12.1 Å². The van der Waals surface area contributed by atoms with Gasteiger partial charge in [0.2, 0.25) is 0 Å². The summed E-state index contributed by atoms with van der Waals surface area (Å²) < 4.78 is 1.68. The minimum Gasteiger partial charge on any atom is -0.345 e. The number of nitrogens with zero attached hydrogens (tertiary/aromatic N) is 2. The van der Waals surface area contributed by atoms with Crippen molar-refractivity contribution in [3.63, 3.8) is 0 Å². The zero-order chi connectivity index (χ0) is 17.9. The van der Waals surface area contributed by atoms with Crippen LogP contribution >= 0.6 is 11.6 Å². The quantitative estimate of drug-likeness (QED) is 0.841. The van der Waals surface area contributed by atoms with Gasteiger partial charge in [0.1, 0.15) is 0 Å². The minimum absolute atomic E-state index is 0.152. The van der Waals surface area contributed by atoms with Gasteiger partial charge in [-0.2, -0.15) is 5.10 Å². The summed E-state index contributed by atoms with van der Waals surface area (Å²) >= 11 is 5.91. The number of benzene rings is 1. The predicted molar refractivity (Wildman–Crippen MR) is 97.7 cm³/mol. The van der Waals surface area contributed by atoms with E-state index in [1.807, 2.05) is 26.0 Å². The van der Waals surface area contributed by atoms with E-state index < -0.39 is 5.54 Å². The zero-order valence-corrected chi connectivity index (χ0v) is 15.4. The van der Waals surface area contributed by atoms with Crippen molar-refractivity contribution in [3.8, 4) is 5.69 Å². The van der Waals surface area contributed by atoms with E-state index in [4.69, 9.17) is 17.3 Å². The fraction of sp³-hybridized carbons (Fsp3) is 0.444. The first-order valence-electron chi connectivity index (χ1n) is 8.09. The lowest BCUT2D eigenvalue weighted by atomic mass is 9.90. The van der Waals surface area contributed by atoms with E-state index in [2.05, 4.69) is 24.3 Å². The molecular formula is C18H25ClN4O. The van der Waals surface area contributed by atoms with Gasteiger partial charge in [-0.15, -0.1) is 0 Å².